The Kier molecular flexibility index (Phi) is 5.81. The van der Waals surface area contributed by atoms with Crippen LogP contribution in [0.2, 0.25) is 0 Å². The molecule has 3 heteroatoms. The van der Waals surface area contributed by atoms with E-state index in [2.05, 4.69) is 43.9 Å². The van der Waals surface area contributed by atoms with Gasteiger partial charge in [0.1, 0.15) is 5.54 Å². The first-order valence-corrected chi connectivity index (χ1v) is 9.32. The van der Waals surface area contributed by atoms with Crippen molar-refractivity contribution in [1.29, 1.82) is 5.26 Å². The molecule has 4 unspecified atom stereocenters. The van der Waals surface area contributed by atoms with Gasteiger partial charge in [0.25, 0.3) is 0 Å². The second-order valence-electron chi connectivity index (χ2n) is 7.24. The van der Waals surface area contributed by atoms with E-state index in [9.17, 15) is 5.26 Å². The van der Waals surface area contributed by atoms with Gasteiger partial charge < -0.3 is 0 Å². The van der Waals surface area contributed by atoms with Gasteiger partial charge in [-0.2, -0.15) is 17.0 Å². The van der Waals surface area contributed by atoms with E-state index >= 15 is 0 Å². The van der Waals surface area contributed by atoms with E-state index in [1.54, 1.807) is 0 Å². The Hall–Kier alpha value is -0.200. The van der Waals surface area contributed by atoms with Crippen LogP contribution in [0.1, 0.15) is 72.1 Å². The highest BCUT2D eigenvalue weighted by Gasteiger charge is 2.38. The first-order valence-electron chi connectivity index (χ1n) is 8.37. The molecule has 0 aromatic rings. The molecule has 0 radical (unpaired) electrons. The molecule has 0 spiro atoms. The molecule has 0 aromatic carbocycles. The molecule has 2 saturated carbocycles. The van der Waals surface area contributed by atoms with Crippen molar-refractivity contribution in [3.63, 3.8) is 0 Å². The lowest BCUT2D eigenvalue weighted by Gasteiger charge is -2.39. The summed E-state index contributed by atoms with van der Waals surface area (Å²) in [4.78, 5) is 0. The fourth-order valence-electron chi connectivity index (χ4n) is 3.93. The molecule has 0 aliphatic heterocycles. The molecule has 2 aliphatic carbocycles. The number of hydrogen-bond donors (Lipinski definition) is 1. The Labute approximate surface area is 129 Å². The Balaban J connectivity index is 1.91. The molecule has 2 nitrogen and oxygen atoms in total. The minimum absolute atomic E-state index is 0.260. The zero-order chi connectivity index (χ0) is 14.6. The Morgan fingerprint density at radius 2 is 1.95 bits per heavy atom. The molecule has 114 valence electrons. The fraction of sp³-hybridized carbons (Fsp3) is 0.941. The molecule has 0 saturated heterocycles. The van der Waals surface area contributed by atoms with Gasteiger partial charge >= 0.3 is 0 Å². The second kappa shape index (κ2) is 7.18. The third-order valence-corrected chi connectivity index (χ3v) is 6.36. The van der Waals surface area contributed by atoms with Crippen LogP contribution in [-0.4, -0.2) is 22.1 Å². The van der Waals surface area contributed by atoms with Crippen molar-refractivity contribution in [3.05, 3.63) is 0 Å². The lowest BCUT2D eigenvalue weighted by atomic mass is 9.82. The van der Waals surface area contributed by atoms with Crippen molar-refractivity contribution in [3.8, 4) is 6.07 Å². The van der Waals surface area contributed by atoms with Crippen molar-refractivity contribution in [2.45, 2.75) is 94.2 Å². The molecule has 1 N–H and O–H groups in total. The lowest BCUT2D eigenvalue weighted by Crippen LogP contribution is -2.51. The van der Waals surface area contributed by atoms with Gasteiger partial charge in [0, 0.05) is 16.5 Å². The van der Waals surface area contributed by atoms with Gasteiger partial charge in [0.2, 0.25) is 0 Å². The number of rotatable bonds is 4. The number of nitriles is 1. The van der Waals surface area contributed by atoms with Crippen LogP contribution in [0.3, 0.4) is 0 Å². The van der Waals surface area contributed by atoms with Gasteiger partial charge in [-0.3, -0.25) is 5.32 Å². The first-order chi connectivity index (χ1) is 9.53. The minimum atomic E-state index is -0.260. The summed E-state index contributed by atoms with van der Waals surface area (Å²) in [6.45, 7) is 6.70. The molecule has 0 bridgehead atoms. The van der Waals surface area contributed by atoms with Gasteiger partial charge in [-0.05, 0) is 58.3 Å². The molecule has 0 aromatic heterocycles. The van der Waals surface area contributed by atoms with Crippen molar-refractivity contribution in [1.82, 2.24) is 5.32 Å². The average molecular weight is 295 g/mol. The van der Waals surface area contributed by atoms with Gasteiger partial charge in [-0.25, -0.2) is 0 Å². The zero-order valence-electron chi connectivity index (χ0n) is 13.3. The van der Waals surface area contributed by atoms with E-state index < -0.39 is 0 Å². The fourth-order valence-corrected chi connectivity index (χ4v) is 5.90. The van der Waals surface area contributed by atoms with Crippen molar-refractivity contribution in [2.75, 3.05) is 0 Å². The largest absolute Gasteiger partial charge is 0.297 e. The molecule has 20 heavy (non-hydrogen) atoms. The molecule has 4 atom stereocenters. The highest BCUT2D eigenvalue weighted by atomic mass is 32.2. The summed E-state index contributed by atoms with van der Waals surface area (Å²) in [6.07, 6.45) is 10.2. The second-order valence-corrected chi connectivity index (χ2v) is 8.85. The summed E-state index contributed by atoms with van der Waals surface area (Å²) in [5.74, 6) is 0.902. The van der Waals surface area contributed by atoms with E-state index in [4.69, 9.17) is 0 Å². The SMILES string of the molecule is CC1CCCC(SC2CCCC(C#N)(NC(C)C)C2)C1. The van der Waals surface area contributed by atoms with Crippen LogP contribution in [0.15, 0.2) is 0 Å². The summed E-state index contributed by atoms with van der Waals surface area (Å²) in [5.41, 5.74) is -0.260. The quantitative estimate of drug-likeness (QED) is 0.829. The zero-order valence-corrected chi connectivity index (χ0v) is 14.1. The Morgan fingerprint density at radius 3 is 2.60 bits per heavy atom. The van der Waals surface area contributed by atoms with E-state index in [1.807, 2.05) is 0 Å². The summed E-state index contributed by atoms with van der Waals surface area (Å²) in [5, 5.41) is 14.7. The Bertz CT molecular complexity index is 349. The third kappa shape index (κ3) is 4.40. The topological polar surface area (TPSA) is 35.8 Å². The normalized spacial score (nSPS) is 38.6. The van der Waals surface area contributed by atoms with Gasteiger partial charge in [0.15, 0.2) is 0 Å². The minimum Gasteiger partial charge on any atom is -0.297 e. The molecule has 0 amide bonds. The predicted molar refractivity (Wildman–Crippen MR) is 87.9 cm³/mol. The predicted octanol–water partition coefficient (Wildman–Crippen LogP) is 4.50. The standard InChI is InChI=1S/C17H30N2S/c1-13(2)19-17(12-18)9-5-8-16(11-17)20-15-7-4-6-14(3)10-15/h13-16,19H,4-11H2,1-3H3. The van der Waals surface area contributed by atoms with Gasteiger partial charge in [0.05, 0.1) is 6.07 Å². The van der Waals surface area contributed by atoms with Crippen LogP contribution in [0, 0.1) is 17.2 Å². The summed E-state index contributed by atoms with van der Waals surface area (Å²) in [6, 6.07) is 3.00. The van der Waals surface area contributed by atoms with Crippen LogP contribution in [0.4, 0.5) is 0 Å². The highest BCUT2D eigenvalue weighted by Crippen LogP contribution is 2.41. The maximum Gasteiger partial charge on any atom is 0.108 e. The van der Waals surface area contributed by atoms with Crippen LogP contribution in [0.25, 0.3) is 0 Å². The smallest absolute Gasteiger partial charge is 0.108 e. The number of thioether (sulfide) groups is 1. The molecule has 0 heterocycles. The first kappa shape index (κ1) is 16.2. The van der Waals surface area contributed by atoms with E-state index in [1.165, 1.54) is 38.5 Å². The summed E-state index contributed by atoms with van der Waals surface area (Å²) in [7, 11) is 0. The maximum atomic E-state index is 9.63. The summed E-state index contributed by atoms with van der Waals surface area (Å²) >= 11 is 2.20. The van der Waals surface area contributed by atoms with Gasteiger partial charge in [-0.1, -0.05) is 19.8 Å². The van der Waals surface area contributed by atoms with E-state index in [-0.39, 0.29) is 5.54 Å². The third-order valence-electron chi connectivity index (χ3n) is 4.76. The summed E-state index contributed by atoms with van der Waals surface area (Å²) < 4.78 is 0. The van der Waals surface area contributed by atoms with Crippen molar-refractivity contribution >= 4 is 11.8 Å². The lowest BCUT2D eigenvalue weighted by molar-refractivity contribution is 0.283. The van der Waals surface area contributed by atoms with Crippen LogP contribution in [-0.2, 0) is 0 Å². The molecule has 2 fully saturated rings. The molecule has 2 rings (SSSR count). The van der Waals surface area contributed by atoms with Crippen LogP contribution >= 0.6 is 11.8 Å². The highest BCUT2D eigenvalue weighted by molar-refractivity contribution is 8.00. The van der Waals surface area contributed by atoms with Crippen LogP contribution in [0.5, 0.6) is 0 Å². The molecular formula is C17H30N2S. The van der Waals surface area contributed by atoms with Crippen molar-refractivity contribution < 1.29 is 0 Å². The monoisotopic (exact) mass is 294 g/mol. The maximum absolute atomic E-state index is 9.63. The van der Waals surface area contributed by atoms with Crippen LogP contribution < -0.4 is 5.32 Å². The average Bonchev–Trinajstić information content (AvgIpc) is 2.38. The molecule has 2 aliphatic rings. The van der Waals surface area contributed by atoms with E-state index in [0.717, 1.165) is 24.0 Å². The Morgan fingerprint density at radius 1 is 1.20 bits per heavy atom. The number of hydrogen-bond acceptors (Lipinski definition) is 3. The number of nitrogens with zero attached hydrogens (tertiary/aromatic N) is 1. The number of nitrogens with one attached hydrogen (secondary N) is 1. The van der Waals surface area contributed by atoms with Gasteiger partial charge in [-0.15, -0.1) is 0 Å². The molecular weight excluding hydrogens is 264 g/mol. The van der Waals surface area contributed by atoms with Crippen molar-refractivity contribution in [2.24, 2.45) is 5.92 Å². The van der Waals surface area contributed by atoms with E-state index in [0.29, 0.717) is 11.3 Å².